The van der Waals surface area contributed by atoms with Crippen LogP contribution in [0, 0.1) is 0 Å². The van der Waals surface area contributed by atoms with Crippen molar-refractivity contribution in [2.45, 2.75) is 0 Å². The number of rotatable bonds is 4. The summed E-state index contributed by atoms with van der Waals surface area (Å²) in [5, 5.41) is 8.72. The van der Waals surface area contributed by atoms with Crippen molar-refractivity contribution in [2.24, 2.45) is 0 Å². The minimum absolute atomic E-state index is 0.326. The van der Waals surface area contributed by atoms with Crippen molar-refractivity contribution in [3.63, 3.8) is 0 Å². The number of amides is 2. The summed E-state index contributed by atoms with van der Waals surface area (Å²) in [6, 6.07) is 22.4. The van der Waals surface area contributed by atoms with E-state index < -0.39 is 0 Å². The van der Waals surface area contributed by atoms with Gasteiger partial charge in [-0.3, -0.25) is 5.32 Å². The van der Waals surface area contributed by atoms with E-state index in [-0.39, 0.29) is 6.03 Å². The standard InChI is InChI=1S/C18H16N4O/c23-18(22-17-8-4-5-13-19-17)21-16-11-9-15(10-12-16)20-14-6-2-1-3-7-14/h1-13,20H,(H2,19,21,22,23). The largest absolute Gasteiger partial charge is 0.356 e. The molecular formula is C18H16N4O. The predicted octanol–water partition coefficient (Wildman–Crippen LogP) is 4.47. The highest BCUT2D eigenvalue weighted by Crippen LogP contribution is 2.18. The average molecular weight is 304 g/mol. The Kier molecular flexibility index (Phi) is 4.49. The highest BCUT2D eigenvalue weighted by atomic mass is 16.2. The summed E-state index contributed by atoms with van der Waals surface area (Å²) in [6.45, 7) is 0. The molecule has 2 amide bonds. The lowest BCUT2D eigenvalue weighted by Gasteiger charge is -2.09. The molecule has 0 radical (unpaired) electrons. The number of urea groups is 1. The summed E-state index contributed by atoms with van der Waals surface area (Å²) in [5.74, 6) is 0.507. The van der Waals surface area contributed by atoms with Gasteiger partial charge in [0.25, 0.3) is 0 Å². The van der Waals surface area contributed by atoms with Crippen LogP contribution in [0.25, 0.3) is 0 Å². The van der Waals surface area contributed by atoms with Crippen molar-refractivity contribution < 1.29 is 4.79 Å². The molecule has 0 aliphatic carbocycles. The molecule has 5 heteroatoms. The van der Waals surface area contributed by atoms with E-state index in [1.54, 1.807) is 18.3 Å². The molecule has 3 rings (SSSR count). The van der Waals surface area contributed by atoms with Gasteiger partial charge in [-0.2, -0.15) is 0 Å². The zero-order valence-electron chi connectivity index (χ0n) is 12.4. The Morgan fingerprint density at radius 2 is 1.35 bits per heavy atom. The van der Waals surface area contributed by atoms with Crippen LogP contribution in [0.1, 0.15) is 0 Å². The molecule has 1 aromatic heterocycles. The smallest absolute Gasteiger partial charge is 0.324 e. The first kappa shape index (κ1) is 14.6. The number of hydrogen-bond donors (Lipinski definition) is 3. The van der Waals surface area contributed by atoms with Crippen LogP contribution in [-0.4, -0.2) is 11.0 Å². The number of pyridine rings is 1. The van der Waals surface area contributed by atoms with Crippen LogP contribution in [0.5, 0.6) is 0 Å². The number of hydrogen-bond acceptors (Lipinski definition) is 3. The molecule has 114 valence electrons. The molecule has 0 spiro atoms. The molecule has 1 heterocycles. The van der Waals surface area contributed by atoms with E-state index in [1.807, 2.05) is 60.7 Å². The van der Waals surface area contributed by atoms with Crippen LogP contribution in [-0.2, 0) is 0 Å². The number of nitrogens with one attached hydrogen (secondary N) is 3. The van der Waals surface area contributed by atoms with E-state index in [2.05, 4.69) is 20.9 Å². The summed E-state index contributed by atoms with van der Waals surface area (Å²) in [4.78, 5) is 15.9. The molecule has 0 unspecified atom stereocenters. The summed E-state index contributed by atoms with van der Waals surface area (Å²) < 4.78 is 0. The summed E-state index contributed by atoms with van der Waals surface area (Å²) in [5.41, 5.74) is 2.67. The minimum Gasteiger partial charge on any atom is -0.356 e. The van der Waals surface area contributed by atoms with E-state index in [1.165, 1.54) is 0 Å². The van der Waals surface area contributed by atoms with Crippen LogP contribution in [0.3, 0.4) is 0 Å². The van der Waals surface area contributed by atoms with E-state index in [0.29, 0.717) is 11.5 Å². The van der Waals surface area contributed by atoms with Gasteiger partial charge in [0.05, 0.1) is 0 Å². The van der Waals surface area contributed by atoms with Crippen molar-refractivity contribution in [1.82, 2.24) is 4.98 Å². The quantitative estimate of drug-likeness (QED) is 0.666. The van der Waals surface area contributed by atoms with Crippen molar-refractivity contribution in [3.8, 4) is 0 Å². The number of para-hydroxylation sites is 1. The molecule has 0 aliphatic rings. The van der Waals surface area contributed by atoms with Gasteiger partial charge in [0.2, 0.25) is 0 Å². The second kappa shape index (κ2) is 7.09. The number of nitrogens with zero attached hydrogens (tertiary/aromatic N) is 1. The third-order valence-electron chi connectivity index (χ3n) is 3.11. The van der Waals surface area contributed by atoms with E-state index >= 15 is 0 Å². The maximum Gasteiger partial charge on any atom is 0.324 e. The normalized spacial score (nSPS) is 9.91. The average Bonchev–Trinajstić information content (AvgIpc) is 2.58. The molecule has 0 saturated carbocycles. The fraction of sp³-hybridized carbons (Fsp3) is 0. The van der Waals surface area contributed by atoms with Crippen LogP contribution in [0.15, 0.2) is 79.0 Å². The van der Waals surface area contributed by atoms with Crippen molar-refractivity contribution in [2.75, 3.05) is 16.0 Å². The van der Waals surface area contributed by atoms with Gasteiger partial charge >= 0.3 is 6.03 Å². The lowest BCUT2D eigenvalue weighted by atomic mass is 10.2. The van der Waals surface area contributed by atoms with Gasteiger partial charge < -0.3 is 10.6 Å². The molecule has 2 aromatic carbocycles. The van der Waals surface area contributed by atoms with Crippen LogP contribution in [0.4, 0.5) is 27.7 Å². The molecule has 0 aliphatic heterocycles. The summed E-state index contributed by atoms with van der Waals surface area (Å²) in [6.07, 6.45) is 1.62. The molecular weight excluding hydrogens is 288 g/mol. The molecule has 0 atom stereocenters. The molecule has 0 bridgehead atoms. The molecule has 3 N–H and O–H groups in total. The zero-order chi connectivity index (χ0) is 15.9. The van der Waals surface area contributed by atoms with Gasteiger partial charge in [-0.05, 0) is 48.5 Å². The predicted molar refractivity (Wildman–Crippen MR) is 93.0 cm³/mol. The van der Waals surface area contributed by atoms with E-state index in [9.17, 15) is 4.79 Å². The Morgan fingerprint density at radius 3 is 2.04 bits per heavy atom. The van der Waals surface area contributed by atoms with Gasteiger partial charge in [0.15, 0.2) is 0 Å². The lowest BCUT2D eigenvalue weighted by molar-refractivity contribution is 0.262. The van der Waals surface area contributed by atoms with E-state index in [0.717, 1.165) is 11.4 Å². The van der Waals surface area contributed by atoms with Crippen molar-refractivity contribution >= 4 is 28.9 Å². The van der Waals surface area contributed by atoms with Crippen LogP contribution in [0.2, 0.25) is 0 Å². The van der Waals surface area contributed by atoms with Crippen LogP contribution < -0.4 is 16.0 Å². The fourth-order valence-corrected chi connectivity index (χ4v) is 2.04. The van der Waals surface area contributed by atoms with Gasteiger partial charge in [0.1, 0.15) is 5.82 Å². The molecule has 3 aromatic rings. The van der Waals surface area contributed by atoms with Gasteiger partial charge in [-0.25, -0.2) is 9.78 Å². The monoisotopic (exact) mass is 304 g/mol. The Labute approximate surface area is 134 Å². The molecule has 5 nitrogen and oxygen atoms in total. The Balaban J connectivity index is 1.58. The zero-order valence-corrected chi connectivity index (χ0v) is 12.4. The van der Waals surface area contributed by atoms with Crippen LogP contribution >= 0.6 is 0 Å². The Hall–Kier alpha value is -3.34. The Bertz CT molecular complexity index is 758. The van der Waals surface area contributed by atoms with Gasteiger partial charge in [-0.15, -0.1) is 0 Å². The summed E-state index contributed by atoms with van der Waals surface area (Å²) >= 11 is 0. The summed E-state index contributed by atoms with van der Waals surface area (Å²) in [7, 11) is 0. The first-order chi connectivity index (χ1) is 11.3. The minimum atomic E-state index is -0.326. The molecule has 23 heavy (non-hydrogen) atoms. The fourth-order valence-electron chi connectivity index (χ4n) is 2.04. The lowest BCUT2D eigenvalue weighted by Crippen LogP contribution is -2.19. The highest BCUT2D eigenvalue weighted by Gasteiger charge is 2.03. The number of anilines is 4. The number of benzene rings is 2. The Morgan fingerprint density at radius 1 is 0.696 bits per heavy atom. The van der Waals surface area contributed by atoms with Crippen molar-refractivity contribution in [3.05, 3.63) is 79.0 Å². The molecule has 0 fully saturated rings. The number of aromatic nitrogens is 1. The first-order valence-electron chi connectivity index (χ1n) is 7.21. The van der Waals surface area contributed by atoms with Gasteiger partial charge in [-0.1, -0.05) is 24.3 Å². The second-order valence-corrected chi connectivity index (χ2v) is 4.86. The van der Waals surface area contributed by atoms with Crippen molar-refractivity contribution in [1.29, 1.82) is 0 Å². The van der Waals surface area contributed by atoms with E-state index in [4.69, 9.17) is 0 Å². The maximum absolute atomic E-state index is 11.9. The highest BCUT2D eigenvalue weighted by molar-refractivity contribution is 5.99. The topological polar surface area (TPSA) is 66.1 Å². The SMILES string of the molecule is O=C(Nc1ccc(Nc2ccccc2)cc1)Nc1ccccn1. The first-order valence-corrected chi connectivity index (χ1v) is 7.21. The maximum atomic E-state index is 11.9. The number of carbonyl (C=O) groups excluding carboxylic acids is 1. The third kappa shape index (κ3) is 4.31. The van der Waals surface area contributed by atoms with Gasteiger partial charge in [0, 0.05) is 23.3 Å². The second-order valence-electron chi connectivity index (χ2n) is 4.86. The molecule has 0 saturated heterocycles. The number of carbonyl (C=O) groups is 1. The third-order valence-corrected chi connectivity index (χ3v) is 3.11.